The lowest BCUT2D eigenvalue weighted by Gasteiger charge is -2.36. The fourth-order valence-corrected chi connectivity index (χ4v) is 4.35. The number of nitrogens with zero attached hydrogens (tertiary/aromatic N) is 3. The van der Waals surface area contributed by atoms with Crippen LogP contribution in [0.25, 0.3) is 0 Å². The fourth-order valence-electron chi connectivity index (χ4n) is 4.35. The number of nitrogens with one attached hydrogen (secondary N) is 1. The minimum Gasteiger partial charge on any atom is -0.369 e. The maximum absolute atomic E-state index is 11.7. The number of likely N-dealkylation sites (N-methyl/N-ethyl adjacent to an activating group) is 1. The van der Waals surface area contributed by atoms with Gasteiger partial charge in [-0.05, 0) is 42.8 Å². The van der Waals surface area contributed by atoms with Crippen LogP contribution in [0.1, 0.15) is 44.7 Å². The van der Waals surface area contributed by atoms with E-state index in [4.69, 9.17) is 0 Å². The molecule has 1 fully saturated rings. The topological polar surface area (TPSA) is 90.0 Å². The molecule has 1 atom stereocenters. The summed E-state index contributed by atoms with van der Waals surface area (Å²) in [5.41, 5.74) is 4.40. The molecule has 1 aliphatic rings. The molecule has 35 heavy (non-hydrogen) atoms. The molecular weight excluding hydrogens is 444 g/mol. The molecular formula is C27H34N4O4. The summed E-state index contributed by atoms with van der Waals surface area (Å²) in [4.78, 5) is 52.3. The number of amides is 1. The molecule has 0 aliphatic carbocycles. The average Bonchev–Trinajstić information content (AvgIpc) is 2.89. The van der Waals surface area contributed by atoms with Crippen LogP contribution in [-0.2, 0) is 22.7 Å². The van der Waals surface area contributed by atoms with Gasteiger partial charge in [-0.3, -0.25) is 24.2 Å². The highest BCUT2D eigenvalue weighted by Crippen LogP contribution is 2.23. The lowest BCUT2D eigenvalue weighted by atomic mass is 10.0. The van der Waals surface area contributed by atoms with E-state index < -0.39 is 6.04 Å². The predicted octanol–water partition coefficient (Wildman–Crippen LogP) is 2.16. The molecule has 3 rings (SSSR count). The summed E-state index contributed by atoms with van der Waals surface area (Å²) in [7, 11) is 3.42. The summed E-state index contributed by atoms with van der Waals surface area (Å²) in [6.45, 7) is 4.84. The van der Waals surface area contributed by atoms with Crippen LogP contribution in [-0.4, -0.2) is 80.9 Å². The van der Waals surface area contributed by atoms with Crippen molar-refractivity contribution < 1.29 is 19.2 Å². The second-order valence-corrected chi connectivity index (χ2v) is 8.95. The monoisotopic (exact) mass is 478 g/mol. The summed E-state index contributed by atoms with van der Waals surface area (Å²) >= 11 is 0. The summed E-state index contributed by atoms with van der Waals surface area (Å²) < 4.78 is 0. The van der Waals surface area contributed by atoms with Crippen molar-refractivity contribution in [1.29, 1.82) is 0 Å². The van der Waals surface area contributed by atoms with Gasteiger partial charge in [0.15, 0.2) is 0 Å². The number of carbonyl (C=O) groups excluding carboxylic acids is 4. The molecule has 8 nitrogen and oxygen atoms in total. The number of benzene rings is 2. The molecule has 0 saturated carbocycles. The third-order valence-corrected chi connectivity index (χ3v) is 6.60. The van der Waals surface area contributed by atoms with Gasteiger partial charge in [-0.2, -0.15) is 0 Å². The van der Waals surface area contributed by atoms with Crippen LogP contribution in [0.4, 0.5) is 5.69 Å². The standard InChI is InChI=1S/C27H34N4O4/c1-28-27(35)10-9-26(20-34)29(2)17-24-15-25(8-7-23(24)19-33)31-13-11-30(12-14-31)16-21-3-5-22(18-32)6-4-21/h3-8,15,18-20,26H,9-14,16-17H2,1-2H3,(H,28,35). The van der Waals surface area contributed by atoms with Crippen LogP contribution in [0.2, 0.25) is 0 Å². The van der Waals surface area contributed by atoms with Crippen molar-refractivity contribution in [3.8, 4) is 0 Å². The van der Waals surface area contributed by atoms with Gasteiger partial charge < -0.3 is 15.0 Å². The molecule has 1 unspecified atom stereocenters. The van der Waals surface area contributed by atoms with E-state index in [-0.39, 0.29) is 12.3 Å². The van der Waals surface area contributed by atoms with Gasteiger partial charge in [-0.25, -0.2) is 0 Å². The zero-order chi connectivity index (χ0) is 25.2. The first-order valence-corrected chi connectivity index (χ1v) is 11.9. The molecule has 0 radical (unpaired) electrons. The maximum atomic E-state index is 11.7. The lowest BCUT2D eigenvalue weighted by molar-refractivity contribution is -0.121. The molecule has 1 saturated heterocycles. The zero-order valence-corrected chi connectivity index (χ0v) is 20.5. The van der Waals surface area contributed by atoms with Gasteiger partial charge in [-0.1, -0.05) is 24.3 Å². The summed E-state index contributed by atoms with van der Waals surface area (Å²) in [5.74, 6) is -0.0991. The number of hydrogen-bond donors (Lipinski definition) is 1. The zero-order valence-electron chi connectivity index (χ0n) is 20.5. The van der Waals surface area contributed by atoms with Crippen LogP contribution in [0.5, 0.6) is 0 Å². The van der Waals surface area contributed by atoms with E-state index in [0.29, 0.717) is 24.1 Å². The van der Waals surface area contributed by atoms with Crippen molar-refractivity contribution >= 4 is 30.5 Å². The van der Waals surface area contributed by atoms with Crippen LogP contribution >= 0.6 is 0 Å². The molecule has 0 aromatic heterocycles. The molecule has 2 aromatic carbocycles. The number of piperazine rings is 1. The first-order chi connectivity index (χ1) is 17.0. The largest absolute Gasteiger partial charge is 0.369 e. The van der Waals surface area contributed by atoms with E-state index in [1.165, 1.54) is 5.56 Å². The van der Waals surface area contributed by atoms with Crippen molar-refractivity contribution in [2.75, 3.05) is 45.2 Å². The van der Waals surface area contributed by atoms with Crippen LogP contribution in [0, 0.1) is 0 Å². The van der Waals surface area contributed by atoms with Crippen molar-refractivity contribution in [1.82, 2.24) is 15.1 Å². The third-order valence-electron chi connectivity index (χ3n) is 6.60. The van der Waals surface area contributed by atoms with E-state index >= 15 is 0 Å². The number of rotatable bonds is 12. The van der Waals surface area contributed by atoms with Gasteiger partial charge in [0.2, 0.25) is 5.91 Å². The van der Waals surface area contributed by atoms with Gasteiger partial charge in [-0.15, -0.1) is 0 Å². The first-order valence-electron chi connectivity index (χ1n) is 11.9. The Bertz CT molecular complexity index is 1020. The van der Waals surface area contributed by atoms with Crippen LogP contribution in [0.15, 0.2) is 42.5 Å². The molecule has 8 heteroatoms. The highest BCUT2D eigenvalue weighted by atomic mass is 16.1. The van der Waals surface area contributed by atoms with Crippen molar-refractivity contribution in [3.05, 3.63) is 64.7 Å². The predicted molar refractivity (Wildman–Crippen MR) is 136 cm³/mol. The van der Waals surface area contributed by atoms with E-state index in [2.05, 4.69) is 15.1 Å². The van der Waals surface area contributed by atoms with E-state index in [9.17, 15) is 19.2 Å². The molecule has 186 valence electrons. The maximum Gasteiger partial charge on any atom is 0.219 e. The first kappa shape index (κ1) is 26.2. The second-order valence-electron chi connectivity index (χ2n) is 8.95. The molecule has 1 amide bonds. The van der Waals surface area contributed by atoms with Crippen molar-refractivity contribution in [2.24, 2.45) is 0 Å². The fraction of sp³-hybridized carbons (Fsp3) is 0.407. The van der Waals surface area contributed by atoms with Gasteiger partial charge in [0.1, 0.15) is 18.9 Å². The normalized spacial score (nSPS) is 15.0. The van der Waals surface area contributed by atoms with Crippen LogP contribution in [0.3, 0.4) is 0 Å². The minimum atomic E-state index is -0.403. The number of anilines is 1. The Balaban J connectivity index is 1.61. The number of hydrogen-bond acceptors (Lipinski definition) is 7. The highest BCUT2D eigenvalue weighted by molar-refractivity contribution is 5.79. The Morgan fingerprint density at radius 2 is 1.74 bits per heavy atom. The molecule has 0 spiro atoms. The van der Waals surface area contributed by atoms with E-state index in [1.54, 1.807) is 7.05 Å². The molecule has 2 aromatic rings. The Labute approximate surface area is 206 Å². The van der Waals surface area contributed by atoms with Gasteiger partial charge >= 0.3 is 0 Å². The Hall–Kier alpha value is -3.36. The van der Waals surface area contributed by atoms with Crippen molar-refractivity contribution in [3.63, 3.8) is 0 Å². The Kier molecular flexibility index (Phi) is 9.69. The molecule has 1 aliphatic heterocycles. The second kappa shape index (κ2) is 12.9. The van der Waals surface area contributed by atoms with Crippen molar-refractivity contribution in [2.45, 2.75) is 32.0 Å². The Morgan fingerprint density at radius 1 is 1.03 bits per heavy atom. The summed E-state index contributed by atoms with van der Waals surface area (Å²) in [6, 6.07) is 13.1. The smallest absolute Gasteiger partial charge is 0.219 e. The molecule has 0 bridgehead atoms. The summed E-state index contributed by atoms with van der Waals surface area (Å²) in [5, 5.41) is 2.57. The average molecular weight is 479 g/mol. The number of aldehydes is 3. The molecule has 1 N–H and O–H groups in total. The highest BCUT2D eigenvalue weighted by Gasteiger charge is 2.20. The lowest BCUT2D eigenvalue weighted by Crippen LogP contribution is -2.46. The van der Waals surface area contributed by atoms with E-state index in [1.807, 2.05) is 54.4 Å². The quantitative estimate of drug-likeness (QED) is 0.468. The van der Waals surface area contributed by atoms with E-state index in [0.717, 1.165) is 62.8 Å². The van der Waals surface area contributed by atoms with Gasteiger partial charge in [0.05, 0.1) is 6.04 Å². The number of carbonyl (C=O) groups is 4. The minimum absolute atomic E-state index is 0.0991. The third kappa shape index (κ3) is 7.31. The SMILES string of the molecule is CNC(=O)CCC(C=O)N(C)Cc1cc(N2CCN(Cc3ccc(C=O)cc3)CC2)ccc1C=O. The Morgan fingerprint density at radius 3 is 2.34 bits per heavy atom. The van der Waals surface area contributed by atoms with Gasteiger partial charge in [0.25, 0.3) is 0 Å². The van der Waals surface area contributed by atoms with Crippen LogP contribution < -0.4 is 10.2 Å². The molecule has 1 heterocycles. The van der Waals surface area contributed by atoms with Gasteiger partial charge in [0, 0.05) is 69.6 Å². The summed E-state index contributed by atoms with van der Waals surface area (Å²) in [6.07, 6.45) is 3.26.